The second-order valence-electron chi connectivity index (χ2n) is 6.50. The average molecular weight is 392 g/mol. The highest BCUT2D eigenvalue weighted by atomic mass is 32.1. The molecule has 0 radical (unpaired) electrons. The molecule has 4 aromatic heterocycles. The van der Waals surface area contributed by atoms with E-state index in [1.165, 1.54) is 26.5 Å². The third-order valence-electron chi connectivity index (χ3n) is 4.64. The van der Waals surface area contributed by atoms with E-state index in [-0.39, 0.29) is 0 Å². The summed E-state index contributed by atoms with van der Waals surface area (Å²) in [5.74, 6) is 0.710. The second-order valence-corrected chi connectivity index (χ2v) is 8.61. The van der Waals surface area contributed by atoms with Crippen molar-refractivity contribution in [3.8, 4) is 21.1 Å². The first-order valence-corrected chi connectivity index (χ1v) is 10.5. The number of nitrogens with zero attached hydrogens (tertiary/aromatic N) is 5. The maximum atomic E-state index is 4.75. The molecule has 0 fully saturated rings. The molecule has 0 unspecified atom stereocenters. The maximum absolute atomic E-state index is 4.75. The van der Waals surface area contributed by atoms with Crippen LogP contribution in [-0.4, -0.2) is 31.4 Å². The summed E-state index contributed by atoms with van der Waals surface area (Å²) in [5.41, 5.74) is 3.23. The van der Waals surface area contributed by atoms with Crippen LogP contribution in [0.1, 0.15) is 16.1 Å². The van der Waals surface area contributed by atoms with Crippen molar-refractivity contribution >= 4 is 22.7 Å². The van der Waals surface area contributed by atoms with Crippen LogP contribution >= 0.6 is 22.7 Å². The molecule has 0 saturated heterocycles. The van der Waals surface area contributed by atoms with Crippen molar-refractivity contribution in [1.82, 2.24) is 24.8 Å². The number of thiophene rings is 2. The Balaban J connectivity index is 1.30. The van der Waals surface area contributed by atoms with Crippen LogP contribution in [0, 0.1) is 0 Å². The van der Waals surface area contributed by atoms with Crippen molar-refractivity contribution < 1.29 is 0 Å². The summed E-state index contributed by atoms with van der Waals surface area (Å²) in [7, 11) is 0. The highest BCUT2D eigenvalue weighted by Gasteiger charge is 2.19. The second kappa shape index (κ2) is 7.26. The van der Waals surface area contributed by atoms with Gasteiger partial charge in [-0.15, -0.1) is 22.7 Å². The van der Waals surface area contributed by atoms with Gasteiger partial charge in [-0.05, 0) is 23.6 Å². The van der Waals surface area contributed by atoms with Gasteiger partial charge in [0.25, 0.3) is 0 Å². The van der Waals surface area contributed by atoms with Gasteiger partial charge in [0, 0.05) is 64.8 Å². The lowest BCUT2D eigenvalue weighted by atomic mass is 10.1. The Morgan fingerprint density at radius 2 is 1.96 bits per heavy atom. The molecule has 0 amide bonds. The Kier molecular flexibility index (Phi) is 4.49. The first-order valence-electron chi connectivity index (χ1n) is 8.80. The minimum Gasteiger partial charge on any atom is -0.293 e. The van der Waals surface area contributed by atoms with Crippen LogP contribution in [0.25, 0.3) is 21.1 Å². The number of hydrogen-bond donors (Lipinski definition) is 0. The van der Waals surface area contributed by atoms with Gasteiger partial charge in [-0.2, -0.15) is 0 Å². The Morgan fingerprint density at radius 1 is 1.04 bits per heavy atom. The van der Waals surface area contributed by atoms with Gasteiger partial charge in [0.1, 0.15) is 6.33 Å². The Bertz CT molecular complexity index is 1040. The van der Waals surface area contributed by atoms with Gasteiger partial charge in [0.05, 0.1) is 11.3 Å². The molecule has 0 bridgehead atoms. The number of hydrogen-bond acceptors (Lipinski definition) is 7. The predicted molar refractivity (Wildman–Crippen MR) is 109 cm³/mol. The SMILES string of the molecule is c1csc(-c2ccc(CN3CCc4nc(-c5cncnc5)ncc4C3)s2)c1. The van der Waals surface area contributed by atoms with Gasteiger partial charge in [0.15, 0.2) is 5.82 Å². The van der Waals surface area contributed by atoms with Crippen molar-refractivity contribution in [3.05, 3.63) is 70.7 Å². The highest BCUT2D eigenvalue weighted by molar-refractivity contribution is 7.21. The molecule has 7 heteroatoms. The smallest absolute Gasteiger partial charge is 0.162 e. The van der Waals surface area contributed by atoms with Crippen molar-refractivity contribution in [1.29, 1.82) is 0 Å². The summed E-state index contributed by atoms with van der Waals surface area (Å²) in [6.45, 7) is 2.89. The lowest BCUT2D eigenvalue weighted by Gasteiger charge is -2.27. The molecule has 1 aliphatic rings. The van der Waals surface area contributed by atoms with Crippen LogP contribution in [0.4, 0.5) is 0 Å². The van der Waals surface area contributed by atoms with Crippen molar-refractivity contribution in [3.63, 3.8) is 0 Å². The Morgan fingerprint density at radius 3 is 2.81 bits per heavy atom. The molecule has 0 saturated carbocycles. The molecule has 5 rings (SSSR count). The number of fused-ring (bicyclic) bond motifs is 1. The molecule has 0 N–H and O–H groups in total. The van der Waals surface area contributed by atoms with Crippen molar-refractivity contribution in [2.24, 2.45) is 0 Å². The van der Waals surface area contributed by atoms with E-state index >= 15 is 0 Å². The van der Waals surface area contributed by atoms with E-state index in [4.69, 9.17) is 4.98 Å². The highest BCUT2D eigenvalue weighted by Crippen LogP contribution is 2.32. The van der Waals surface area contributed by atoms with Crippen molar-refractivity contribution in [2.45, 2.75) is 19.5 Å². The molecule has 1 aliphatic heterocycles. The third-order valence-corrected chi connectivity index (χ3v) is 6.77. The molecule has 5 nitrogen and oxygen atoms in total. The van der Waals surface area contributed by atoms with Gasteiger partial charge < -0.3 is 0 Å². The van der Waals surface area contributed by atoms with Gasteiger partial charge in [-0.1, -0.05) is 6.07 Å². The third kappa shape index (κ3) is 3.53. The Labute approximate surface area is 165 Å². The van der Waals surface area contributed by atoms with Crippen LogP contribution in [0.5, 0.6) is 0 Å². The largest absolute Gasteiger partial charge is 0.293 e. The van der Waals surface area contributed by atoms with Crippen molar-refractivity contribution in [2.75, 3.05) is 6.54 Å². The van der Waals surface area contributed by atoms with Gasteiger partial charge in [-0.3, -0.25) is 4.90 Å². The summed E-state index contributed by atoms with van der Waals surface area (Å²) in [6, 6.07) is 8.78. The summed E-state index contributed by atoms with van der Waals surface area (Å²) in [6.07, 6.45) is 7.94. The van der Waals surface area contributed by atoms with Crippen LogP contribution in [0.2, 0.25) is 0 Å². The molecule has 0 aromatic carbocycles. The zero-order valence-electron chi connectivity index (χ0n) is 14.6. The molecule has 134 valence electrons. The van der Waals surface area contributed by atoms with E-state index in [1.807, 2.05) is 17.5 Å². The van der Waals surface area contributed by atoms with E-state index in [0.29, 0.717) is 5.82 Å². The molecule has 5 heterocycles. The minimum absolute atomic E-state index is 0.710. The van der Waals surface area contributed by atoms with Crippen LogP contribution in [-0.2, 0) is 19.5 Å². The molecule has 0 aliphatic carbocycles. The Hall–Kier alpha value is -2.48. The standard InChI is InChI=1S/C20H17N5S2/c1-2-18(26-7-1)19-4-3-16(27-19)12-25-6-5-17-15(11-25)10-23-20(24-17)14-8-21-13-22-9-14/h1-4,7-10,13H,5-6,11-12H2. The van der Waals surface area contributed by atoms with Crippen LogP contribution < -0.4 is 0 Å². The minimum atomic E-state index is 0.710. The predicted octanol–water partition coefficient (Wildman–Crippen LogP) is 4.28. The summed E-state index contributed by atoms with van der Waals surface area (Å²) in [4.78, 5) is 24.0. The molecule has 4 aromatic rings. The number of aromatic nitrogens is 4. The fourth-order valence-electron chi connectivity index (χ4n) is 3.30. The van der Waals surface area contributed by atoms with Gasteiger partial charge in [0.2, 0.25) is 0 Å². The topological polar surface area (TPSA) is 54.8 Å². The molecule has 27 heavy (non-hydrogen) atoms. The maximum Gasteiger partial charge on any atom is 0.162 e. The summed E-state index contributed by atoms with van der Waals surface area (Å²) in [5, 5.41) is 2.13. The first-order chi connectivity index (χ1) is 13.3. The molecule has 0 spiro atoms. The van der Waals surface area contributed by atoms with Crippen LogP contribution in [0.3, 0.4) is 0 Å². The van der Waals surface area contributed by atoms with E-state index in [1.54, 1.807) is 23.7 Å². The summed E-state index contributed by atoms with van der Waals surface area (Å²) >= 11 is 3.69. The fourth-order valence-corrected chi connectivity index (χ4v) is 5.18. The zero-order chi connectivity index (χ0) is 18.1. The van der Waals surface area contributed by atoms with Gasteiger partial charge >= 0.3 is 0 Å². The van der Waals surface area contributed by atoms with E-state index in [0.717, 1.165) is 37.3 Å². The van der Waals surface area contributed by atoms with Gasteiger partial charge in [-0.25, -0.2) is 19.9 Å². The van der Waals surface area contributed by atoms with Crippen LogP contribution in [0.15, 0.2) is 54.6 Å². The molecular weight excluding hydrogens is 374 g/mol. The average Bonchev–Trinajstić information content (AvgIpc) is 3.40. The zero-order valence-corrected chi connectivity index (χ0v) is 16.2. The molecule has 0 atom stereocenters. The fraction of sp³-hybridized carbons (Fsp3) is 0.200. The first kappa shape index (κ1) is 16.7. The lowest BCUT2D eigenvalue weighted by molar-refractivity contribution is 0.245. The number of rotatable bonds is 4. The molecular formula is C20H17N5S2. The lowest BCUT2D eigenvalue weighted by Crippen LogP contribution is -2.30. The van der Waals surface area contributed by atoms with E-state index in [9.17, 15) is 0 Å². The van der Waals surface area contributed by atoms with E-state index < -0.39 is 0 Å². The monoisotopic (exact) mass is 391 g/mol. The van der Waals surface area contributed by atoms with E-state index in [2.05, 4.69) is 49.5 Å². The summed E-state index contributed by atoms with van der Waals surface area (Å²) < 4.78 is 0. The normalized spacial score (nSPS) is 14.2. The quantitative estimate of drug-likeness (QED) is 0.520.